The van der Waals surface area contributed by atoms with Crippen molar-refractivity contribution in [3.8, 4) is 0 Å². The fourth-order valence-electron chi connectivity index (χ4n) is 1.25. The molecular formula is C10H21NSi. The summed E-state index contributed by atoms with van der Waals surface area (Å²) in [5.74, 6) is 0. The second kappa shape index (κ2) is 3.75. The number of hydrogen-bond acceptors (Lipinski definition) is 1. The molecule has 2 heteroatoms. The Morgan fingerprint density at radius 2 is 2.00 bits per heavy atom. The van der Waals surface area contributed by atoms with E-state index in [2.05, 4.69) is 31.5 Å². The van der Waals surface area contributed by atoms with Crippen molar-refractivity contribution in [2.75, 3.05) is 19.6 Å². The highest BCUT2D eigenvalue weighted by Crippen LogP contribution is 2.20. The summed E-state index contributed by atoms with van der Waals surface area (Å²) in [7, 11) is -1.04. The van der Waals surface area contributed by atoms with Gasteiger partial charge in [0.25, 0.3) is 0 Å². The Morgan fingerprint density at radius 1 is 1.42 bits per heavy atom. The van der Waals surface area contributed by atoms with Gasteiger partial charge in [0.15, 0.2) is 0 Å². The minimum atomic E-state index is -1.04. The fraction of sp³-hybridized carbons (Fsp3) is 0.800. The van der Waals surface area contributed by atoms with E-state index >= 15 is 0 Å². The molecule has 1 saturated heterocycles. The average molecular weight is 183 g/mol. The second-order valence-corrected chi connectivity index (χ2v) is 9.73. The molecule has 1 aliphatic heterocycles. The standard InChI is InChI=1S/C10H21NSi/c1-10(2)12(3,4)9-5-6-11-7-8-11/h1,5-9H2,2-4H3. The van der Waals surface area contributed by atoms with Crippen LogP contribution in [0.15, 0.2) is 11.8 Å². The Labute approximate surface area is 77.5 Å². The Bertz CT molecular complexity index is 171. The first-order valence-corrected chi connectivity index (χ1v) is 8.11. The first-order valence-electron chi connectivity index (χ1n) is 4.91. The quantitative estimate of drug-likeness (QED) is 0.467. The van der Waals surface area contributed by atoms with E-state index in [0.29, 0.717) is 0 Å². The molecule has 1 nitrogen and oxygen atoms in total. The van der Waals surface area contributed by atoms with E-state index in [-0.39, 0.29) is 0 Å². The second-order valence-electron chi connectivity index (χ2n) is 4.61. The molecule has 0 radical (unpaired) electrons. The average Bonchev–Trinajstić information content (AvgIpc) is 2.70. The van der Waals surface area contributed by atoms with Crippen molar-refractivity contribution in [3.05, 3.63) is 11.8 Å². The summed E-state index contributed by atoms with van der Waals surface area (Å²) in [6, 6.07) is 1.42. The van der Waals surface area contributed by atoms with E-state index in [9.17, 15) is 0 Å². The van der Waals surface area contributed by atoms with Crippen molar-refractivity contribution in [3.63, 3.8) is 0 Å². The third-order valence-corrected chi connectivity index (χ3v) is 6.89. The van der Waals surface area contributed by atoms with E-state index in [1.54, 1.807) is 0 Å². The predicted molar refractivity (Wildman–Crippen MR) is 58.2 cm³/mol. The van der Waals surface area contributed by atoms with Crippen LogP contribution >= 0.6 is 0 Å². The molecule has 1 heterocycles. The van der Waals surface area contributed by atoms with Gasteiger partial charge in [0.05, 0.1) is 8.07 Å². The molecule has 0 aromatic heterocycles. The van der Waals surface area contributed by atoms with E-state index in [1.165, 1.54) is 37.3 Å². The lowest BCUT2D eigenvalue weighted by Gasteiger charge is -2.22. The number of nitrogens with zero attached hydrogens (tertiary/aromatic N) is 1. The molecule has 0 amide bonds. The molecule has 1 aliphatic rings. The molecule has 70 valence electrons. The number of allylic oxidation sites excluding steroid dienone is 1. The highest BCUT2D eigenvalue weighted by Gasteiger charge is 2.22. The van der Waals surface area contributed by atoms with Gasteiger partial charge in [-0.05, 0) is 19.9 Å². The summed E-state index contributed by atoms with van der Waals surface area (Å²) in [4.78, 5) is 2.50. The summed E-state index contributed by atoms with van der Waals surface area (Å²) < 4.78 is 0. The van der Waals surface area contributed by atoms with Crippen molar-refractivity contribution in [2.24, 2.45) is 0 Å². The van der Waals surface area contributed by atoms with Crippen molar-refractivity contribution in [1.29, 1.82) is 0 Å². The lowest BCUT2D eigenvalue weighted by atomic mass is 10.5. The highest BCUT2D eigenvalue weighted by atomic mass is 28.3. The minimum absolute atomic E-state index is 1.04. The zero-order chi connectivity index (χ0) is 9.19. The third-order valence-electron chi connectivity index (χ3n) is 2.97. The zero-order valence-corrected chi connectivity index (χ0v) is 9.69. The van der Waals surface area contributed by atoms with Crippen LogP contribution in [0.2, 0.25) is 19.1 Å². The SMILES string of the molecule is C=C(C)[Si](C)(C)CCCN1CC1. The van der Waals surface area contributed by atoms with Crippen molar-refractivity contribution >= 4 is 8.07 Å². The molecular weight excluding hydrogens is 162 g/mol. The summed E-state index contributed by atoms with van der Waals surface area (Å²) >= 11 is 0. The van der Waals surface area contributed by atoms with Crippen LogP contribution in [0.1, 0.15) is 13.3 Å². The lowest BCUT2D eigenvalue weighted by molar-refractivity contribution is 0.550. The molecule has 0 aliphatic carbocycles. The van der Waals surface area contributed by atoms with Crippen LogP contribution < -0.4 is 0 Å². The molecule has 0 unspecified atom stereocenters. The predicted octanol–water partition coefficient (Wildman–Crippen LogP) is 2.52. The zero-order valence-electron chi connectivity index (χ0n) is 8.69. The number of hydrogen-bond donors (Lipinski definition) is 0. The van der Waals surface area contributed by atoms with Crippen LogP contribution in [0.5, 0.6) is 0 Å². The first kappa shape index (κ1) is 10.0. The monoisotopic (exact) mass is 183 g/mol. The van der Waals surface area contributed by atoms with Gasteiger partial charge in [-0.3, -0.25) is 0 Å². The molecule has 0 bridgehead atoms. The van der Waals surface area contributed by atoms with Gasteiger partial charge in [-0.1, -0.05) is 24.3 Å². The van der Waals surface area contributed by atoms with Gasteiger partial charge in [0.2, 0.25) is 0 Å². The molecule has 1 rings (SSSR count). The maximum Gasteiger partial charge on any atom is 0.0743 e. The molecule has 0 spiro atoms. The van der Waals surface area contributed by atoms with Crippen LogP contribution in [0.4, 0.5) is 0 Å². The molecule has 0 atom stereocenters. The van der Waals surface area contributed by atoms with Crippen LogP contribution in [0, 0.1) is 0 Å². The summed E-state index contributed by atoms with van der Waals surface area (Å²) in [5.41, 5.74) is 0. The molecule has 0 saturated carbocycles. The normalized spacial score (nSPS) is 17.9. The van der Waals surface area contributed by atoms with Crippen LogP contribution in [0.3, 0.4) is 0 Å². The summed E-state index contributed by atoms with van der Waals surface area (Å²) in [6.07, 6.45) is 1.38. The molecule has 0 N–H and O–H groups in total. The van der Waals surface area contributed by atoms with Gasteiger partial charge in [-0.2, -0.15) is 0 Å². The Hall–Kier alpha value is -0.0831. The van der Waals surface area contributed by atoms with Crippen molar-refractivity contribution < 1.29 is 0 Å². The minimum Gasteiger partial charge on any atom is -0.301 e. The van der Waals surface area contributed by atoms with E-state index in [0.717, 1.165) is 0 Å². The Morgan fingerprint density at radius 3 is 2.42 bits per heavy atom. The van der Waals surface area contributed by atoms with Crippen molar-refractivity contribution in [1.82, 2.24) is 4.90 Å². The van der Waals surface area contributed by atoms with Crippen LogP contribution in [-0.2, 0) is 0 Å². The van der Waals surface area contributed by atoms with Gasteiger partial charge in [-0.15, -0.1) is 6.58 Å². The largest absolute Gasteiger partial charge is 0.301 e. The molecule has 1 fully saturated rings. The van der Waals surface area contributed by atoms with Gasteiger partial charge in [0, 0.05) is 13.1 Å². The van der Waals surface area contributed by atoms with Gasteiger partial charge < -0.3 is 4.90 Å². The Balaban J connectivity index is 2.14. The molecule has 0 aromatic rings. The first-order chi connectivity index (χ1) is 5.52. The topological polar surface area (TPSA) is 3.01 Å². The summed E-state index contributed by atoms with van der Waals surface area (Å²) in [5, 5.41) is 1.45. The molecule has 0 aromatic carbocycles. The van der Waals surface area contributed by atoms with Crippen LogP contribution in [-0.4, -0.2) is 32.6 Å². The van der Waals surface area contributed by atoms with E-state index < -0.39 is 8.07 Å². The highest BCUT2D eigenvalue weighted by molar-refractivity contribution is 6.84. The Kier molecular flexibility index (Phi) is 3.13. The third kappa shape index (κ3) is 3.11. The van der Waals surface area contributed by atoms with E-state index in [1.807, 2.05) is 0 Å². The molecule has 12 heavy (non-hydrogen) atoms. The maximum atomic E-state index is 4.09. The van der Waals surface area contributed by atoms with E-state index in [4.69, 9.17) is 0 Å². The maximum absolute atomic E-state index is 4.09. The van der Waals surface area contributed by atoms with Gasteiger partial charge in [0.1, 0.15) is 0 Å². The summed E-state index contributed by atoms with van der Waals surface area (Å²) in [6.45, 7) is 15.2. The van der Waals surface area contributed by atoms with Gasteiger partial charge >= 0.3 is 0 Å². The smallest absolute Gasteiger partial charge is 0.0743 e. The number of rotatable bonds is 5. The lowest BCUT2D eigenvalue weighted by Crippen LogP contribution is -2.27. The van der Waals surface area contributed by atoms with Gasteiger partial charge in [-0.25, -0.2) is 0 Å². The fourth-order valence-corrected chi connectivity index (χ4v) is 2.72. The van der Waals surface area contributed by atoms with Crippen LogP contribution in [0.25, 0.3) is 0 Å². The van der Waals surface area contributed by atoms with Crippen molar-refractivity contribution in [2.45, 2.75) is 32.5 Å².